The van der Waals surface area contributed by atoms with E-state index in [1.807, 2.05) is 44.3 Å². The van der Waals surface area contributed by atoms with Gasteiger partial charge in [0, 0.05) is 37.6 Å². The van der Waals surface area contributed by atoms with Gasteiger partial charge in [-0.05, 0) is 31.2 Å². The molecule has 0 spiro atoms. The lowest BCUT2D eigenvalue weighted by Gasteiger charge is -2.21. The van der Waals surface area contributed by atoms with Crippen LogP contribution in [-0.2, 0) is 6.42 Å². The number of hydrogen-bond donors (Lipinski definition) is 1. The van der Waals surface area contributed by atoms with Crippen LogP contribution in [-0.4, -0.2) is 28.5 Å². The van der Waals surface area contributed by atoms with E-state index < -0.39 is 0 Å². The summed E-state index contributed by atoms with van der Waals surface area (Å²) in [5.41, 5.74) is 8.58. The van der Waals surface area contributed by atoms with Gasteiger partial charge in [0.05, 0.1) is 5.56 Å². The zero-order valence-electron chi connectivity index (χ0n) is 11.7. The molecule has 4 nitrogen and oxygen atoms in total. The lowest BCUT2D eigenvalue weighted by atomic mass is 10.2. The number of pyridine rings is 2. The number of anilines is 1. The summed E-state index contributed by atoms with van der Waals surface area (Å²) in [7, 11) is 1.99. The minimum atomic E-state index is 0.372. The van der Waals surface area contributed by atoms with E-state index in [-0.39, 0.29) is 0 Å². The standard InChI is InChI=1S/C15H18N4S/c1-11-6-7-13(14(16)20)15(18-11)19(2)10-8-12-5-3-4-9-17-12/h3-7,9H,8,10H2,1-2H3,(H2,16,20). The van der Waals surface area contributed by atoms with E-state index in [9.17, 15) is 0 Å². The normalized spacial score (nSPS) is 10.3. The highest BCUT2D eigenvalue weighted by atomic mass is 32.1. The Morgan fingerprint density at radius 2 is 2.10 bits per heavy atom. The number of nitrogens with two attached hydrogens (primary N) is 1. The first-order valence-electron chi connectivity index (χ1n) is 6.46. The highest BCUT2D eigenvalue weighted by Gasteiger charge is 2.11. The molecule has 2 aromatic heterocycles. The van der Waals surface area contributed by atoms with Gasteiger partial charge in [-0.15, -0.1) is 0 Å². The monoisotopic (exact) mass is 286 g/mol. The highest BCUT2D eigenvalue weighted by Crippen LogP contribution is 2.17. The molecule has 0 saturated carbocycles. The van der Waals surface area contributed by atoms with Crippen molar-refractivity contribution in [3.05, 3.63) is 53.5 Å². The molecule has 0 amide bonds. The van der Waals surface area contributed by atoms with Gasteiger partial charge in [-0.2, -0.15) is 0 Å². The molecule has 104 valence electrons. The summed E-state index contributed by atoms with van der Waals surface area (Å²) >= 11 is 5.09. The van der Waals surface area contributed by atoms with Crippen LogP contribution in [0.4, 0.5) is 5.82 Å². The molecule has 0 aliphatic heterocycles. The summed E-state index contributed by atoms with van der Waals surface area (Å²) in [6.45, 7) is 2.77. The van der Waals surface area contributed by atoms with E-state index in [4.69, 9.17) is 18.0 Å². The second-order valence-corrected chi connectivity index (χ2v) is 5.12. The number of hydrogen-bond acceptors (Lipinski definition) is 4. The Balaban J connectivity index is 2.14. The second-order valence-electron chi connectivity index (χ2n) is 4.68. The van der Waals surface area contributed by atoms with Crippen LogP contribution >= 0.6 is 12.2 Å². The van der Waals surface area contributed by atoms with Gasteiger partial charge in [0.1, 0.15) is 10.8 Å². The van der Waals surface area contributed by atoms with Crippen LogP contribution in [0.3, 0.4) is 0 Å². The number of rotatable bonds is 5. The summed E-state index contributed by atoms with van der Waals surface area (Å²) in [5, 5.41) is 0. The minimum absolute atomic E-state index is 0.372. The molecular weight excluding hydrogens is 268 g/mol. The minimum Gasteiger partial charge on any atom is -0.389 e. The molecule has 2 heterocycles. The Morgan fingerprint density at radius 3 is 2.75 bits per heavy atom. The first-order valence-corrected chi connectivity index (χ1v) is 6.87. The van der Waals surface area contributed by atoms with Crippen molar-refractivity contribution in [1.82, 2.24) is 9.97 Å². The maximum absolute atomic E-state index is 5.76. The molecule has 0 saturated heterocycles. The van der Waals surface area contributed by atoms with Crippen LogP contribution in [0.2, 0.25) is 0 Å². The maximum atomic E-state index is 5.76. The summed E-state index contributed by atoms with van der Waals surface area (Å²) in [6.07, 6.45) is 2.66. The Hall–Kier alpha value is -2.01. The molecular formula is C15H18N4S. The first-order chi connectivity index (χ1) is 9.58. The summed E-state index contributed by atoms with van der Waals surface area (Å²) < 4.78 is 0. The zero-order valence-corrected chi connectivity index (χ0v) is 12.5. The summed E-state index contributed by atoms with van der Waals surface area (Å²) in [5.74, 6) is 0.827. The summed E-state index contributed by atoms with van der Waals surface area (Å²) in [6, 6.07) is 9.78. The lowest BCUT2D eigenvalue weighted by molar-refractivity contribution is 0.835. The van der Waals surface area contributed by atoms with Crippen LogP contribution in [0, 0.1) is 6.92 Å². The third kappa shape index (κ3) is 3.51. The quantitative estimate of drug-likeness (QED) is 0.853. The third-order valence-corrected chi connectivity index (χ3v) is 3.29. The van der Waals surface area contributed by atoms with Gasteiger partial charge in [-0.25, -0.2) is 4.98 Å². The molecule has 0 fully saturated rings. The van der Waals surface area contributed by atoms with Crippen molar-refractivity contribution in [2.24, 2.45) is 5.73 Å². The number of aromatic nitrogens is 2. The molecule has 0 aliphatic rings. The van der Waals surface area contributed by atoms with Crippen LogP contribution in [0.25, 0.3) is 0 Å². The molecule has 0 bridgehead atoms. The number of aryl methyl sites for hydroxylation is 1. The van der Waals surface area contributed by atoms with Crippen LogP contribution in [0.15, 0.2) is 36.5 Å². The molecule has 0 aromatic carbocycles. The van der Waals surface area contributed by atoms with Crippen molar-refractivity contribution in [2.45, 2.75) is 13.3 Å². The number of likely N-dealkylation sites (N-methyl/N-ethyl adjacent to an activating group) is 1. The molecule has 0 radical (unpaired) electrons. The Bertz CT molecular complexity index is 598. The molecule has 2 aromatic rings. The van der Waals surface area contributed by atoms with Crippen LogP contribution in [0.1, 0.15) is 17.0 Å². The van der Waals surface area contributed by atoms with Crippen LogP contribution < -0.4 is 10.6 Å². The van der Waals surface area contributed by atoms with Gasteiger partial charge >= 0.3 is 0 Å². The largest absolute Gasteiger partial charge is 0.389 e. The van der Waals surface area contributed by atoms with E-state index in [2.05, 4.69) is 14.9 Å². The maximum Gasteiger partial charge on any atom is 0.138 e. The fourth-order valence-electron chi connectivity index (χ4n) is 1.96. The fraction of sp³-hybridized carbons (Fsp3) is 0.267. The highest BCUT2D eigenvalue weighted by molar-refractivity contribution is 7.80. The SMILES string of the molecule is Cc1ccc(C(N)=S)c(N(C)CCc2ccccn2)n1. The predicted octanol–water partition coefficient (Wildman–Crippen LogP) is 2.10. The van der Waals surface area contributed by atoms with Gasteiger partial charge in [0.2, 0.25) is 0 Å². The average Bonchev–Trinajstić information content (AvgIpc) is 2.45. The van der Waals surface area contributed by atoms with E-state index in [0.717, 1.165) is 35.7 Å². The molecule has 2 rings (SSSR count). The lowest BCUT2D eigenvalue weighted by Crippen LogP contribution is -2.25. The van der Waals surface area contributed by atoms with Crippen LogP contribution in [0.5, 0.6) is 0 Å². The predicted molar refractivity (Wildman–Crippen MR) is 86.1 cm³/mol. The van der Waals surface area contributed by atoms with E-state index >= 15 is 0 Å². The van der Waals surface area contributed by atoms with Crippen molar-refractivity contribution < 1.29 is 0 Å². The molecule has 0 aliphatic carbocycles. The molecule has 2 N–H and O–H groups in total. The average molecular weight is 286 g/mol. The first kappa shape index (κ1) is 14.4. The molecule has 20 heavy (non-hydrogen) atoms. The van der Waals surface area contributed by atoms with E-state index in [1.54, 1.807) is 6.20 Å². The van der Waals surface area contributed by atoms with Crippen molar-refractivity contribution >= 4 is 23.0 Å². The Kier molecular flexibility index (Phi) is 4.63. The van der Waals surface area contributed by atoms with E-state index in [0.29, 0.717) is 4.99 Å². The van der Waals surface area contributed by atoms with Gasteiger partial charge in [-0.1, -0.05) is 18.3 Å². The van der Waals surface area contributed by atoms with Gasteiger partial charge in [0.25, 0.3) is 0 Å². The summed E-state index contributed by atoms with van der Waals surface area (Å²) in [4.78, 5) is 11.3. The van der Waals surface area contributed by atoms with Gasteiger partial charge < -0.3 is 10.6 Å². The van der Waals surface area contributed by atoms with Gasteiger partial charge in [-0.3, -0.25) is 4.98 Å². The third-order valence-electron chi connectivity index (χ3n) is 3.07. The van der Waals surface area contributed by atoms with Crippen molar-refractivity contribution in [2.75, 3.05) is 18.5 Å². The van der Waals surface area contributed by atoms with Crippen molar-refractivity contribution in [1.29, 1.82) is 0 Å². The molecule has 0 unspecified atom stereocenters. The van der Waals surface area contributed by atoms with Crippen molar-refractivity contribution in [3.8, 4) is 0 Å². The fourth-order valence-corrected chi connectivity index (χ4v) is 2.12. The number of nitrogens with zero attached hydrogens (tertiary/aromatic N) is 3. The smallest absolute Gasteiger partial charge is 0.138 e. The Morgan fingerprint density at radius 1 is 1.30 bits per heavy atom. The molecule has 0 atom stereocenters. The Labute approximate surface area is 124 Å². The second kappa shape index (κ2) is 6.43. The van der Waals surface area contributed by atoms with Gasteiger partial charge in [0.15, 0.2) is 0 Å². The van der Waals surface area contributed by atoms with Crippen molar-refractivity contribution in [3.63, 3.8) is 0 Å². The number of thiocarbonyl (C=S) groups is 1. The van der Waals surface area contributed by atoms with E-state index in [1.165, 1.54) is 0 Å². The topological polar surface area (TPSA) is 55.0 Å². The molecule has 5 heteroatoms. The zero-order chi connectivity index (χ0) is 14.5.